The molecule has 2 rings (SSSR count). The lowest BCUT2D eigenvalue weighted by Crippen LogP contribution is -2.41. The molecule has 3 nitrogen and oxygen atoms in total. The van der Waals surface area contributed by atoms with E-state index in [0.29, 0.717) is 5.92 Å². The van der Waals surface area contributed by atoms with Crippen molar-refractivity contribution in [2.75, 3.05) is 6.54 Å². The number of aromatic nitrogens is 2. The van der Waals surface area contributed by atoms with Crippen molar-refractivity contribution in [1.29, 1.82) is 0 Å². The standard InChI is InChI=1S/C17H30ClN3/c1-12-15(16(18)21(5)20-12)10-14(11-19-17(2,3)4)13-8-6-7-9-13/h13-14,19H,6-11H2,1-5H3. The summed E-state index contributed by atoms with van der Waals surface area (Å²) in [5.74, 6) is 1.49. The summed E-state index contributed by atoms with van der Waals surface area (Å²) in [5.41, 5.74) is 2.50. The SMILES string of the molecule is Cc1nn(C)c(Cl)c1CC(CNC(C)(C)C)C1CCCC1. The number of rotatable bonds is 5. The normalized spacial score (nSPS) is 18.4. The monoisotopic (exact) mass is 311 g/mol. The fourth-order valence-electron chi connectivity index (χ4n) is 3.44. The molecule has 1 heterocycles. The van der Waals surface area contributed by atoms with Gasteiger partial charge in [-0.3, -0.25) is 4.68 Å². The fraction of sp³-hybridized carbons (Fsp3) is 0.824. The van der Waals surface area contributed by atoms with Gasteiger partial charge in [0.25, 0.3) is 0 Å². The van der Waals surface area contributed by atoms with Gasteiger partial charge in [0.2, 0.25) is 0 Å². The molecule has 120 valence electrons. The zero-order valence-electron chi connectivity index (χ0n) is 14.2. The third-order valence-corrected chi connectivity index (χ3v) is 5.17. The van der Waals surface area contributed by atoms with E-state index in [0.717, 1.165) is 29.7 Å². The molecule has 1 aromatic rings. The van der Waals surface area contributed by atoms with E-state index in [-0.39, 0.29) is 5.54 Å². The van der Waals surface area contributed by atoms with Crippen molar-refractivity contribution in [3.63, 3.8) is 0 Å². The van der Waals surface area contributed by atoms with Gasteiger partial charge >= 0.3 is 0 Å². The van der Waals surface area contributed by atoms with Crippen LogP contribution in [-0.4, -0.2) is 21.9 Å². The van der Waals surface area contributed by atoms with Gasteiger partial charge in [-0.1, -0.05) is 37.3 Å². The molecule has 1 aliphatic rings. The van der Waals surface area contributed by atoms with Crippen LogP contribution in [0.5, 0.6) is 0 Å². The molecule has 0 aliphatic heterocycles. The molecule has 0 amide bonds. The van der Waals surface area contributed by atoms with Crippen LogP contribution in [0.2, 0.25) is 5.15 Å². The minimum atomic E-state index is 0.171. The van der Waals surface area contributed by atoms with Gasteiger partial charge in [0, 0.05) is 18.2 Å². The summed E-state index contributed by atoms with van der Waals surface area (Å²) in [6.45, 7) is 9.85. The second kappa shape index (κ2) is 6.70. The Balaban J connectivity index is 2.11. The third kappa shape index (κ3) is 4.46. The molecule has 1 N–H and O–H groups in total. The lowest BCUT2D eigenvalue weighted by atomic mass is 9.85. The van der Waals surface area contributed by atoms with Crippen molar-refractivity contribution >= 4 is 11.6 Å². The van der Waals surface area contributed by atoms with Gasteiger partial charge in [-0.15, -0.1) is 0 Å². The highest BCUT2D eigenvalue weighted by molar-refractivity contribution is 6.30. The van der Waals surface area contributed by atoms with Gasteiger partial charge in [-0.25, -0.2) is 0 Å². The van der Waals surface area contributed by atoms with Gasteiger partial charge in [0.1, 0.15) is 5.15 Å². The maximum Gasteiger partial charge on any atom is 0.130 e. The number of aryl methyl sites for hydroxylation is 2. The predicted octanol–water partition coefficient (Wildman–Crippen LogP) is 4.12. The third-order valence-electron chi connectivity index (χ3n) is 4.70. The van der Waals surface area contributed by atoms with Crippen LogP contribution < -0.4 is 5.32 Å². The molecule has 0 saturated heterocycles. The molecular weight excluding hydrogens is 282 g/mol. The van der Waals surface area contributed by atoms with Crippen molar-refractivity contribution in [2.45, 2.75) is 65.3 Å². The zero-order valence-corrected chi connectivity index (χ0v) is 14.9. The number of nitrogens with one attached hydrogen (secondary N) is 1. The first kappa shape index (κ1) is 16.8. The summed E-state index contributed by atoms with van der Waals surface area (Å²) in [6.07, 6.45) is 6.56. The smallest absolute Gasteiger partial charge is 0.130 e. The molecule has 4 heteroatoms. The van der Waals surface area contributed by atoms with Crippen LogP contribution in [0.4, 0.5) is 0 Å². The Morgan fingerprint density at radius 2 is 1.95 bits per heavy atom. The highest BCUT2D eigenvalue weighted by Crippen LogP contribution is 2.35. The van der Waals surface area contributed by atoms with E-state index >= 15 is 0 Å². The van der Waals surface area contributed by atoms with Crippen LogP contribution in [-0.2, 0) is 13.5 Å². The van der Waals surface area contributed by atoms with Crippen LogP contribution in [0.15, 0.2) is 0 Å². The molecule has 0 radical (unpaired) electrons. The molecule has 0 spiro atoms. The number of hydrogen-bond donors (Lipinski definition) is 1. The molecule has 1 fully saturated rings. The first-order valence-electron chi connectivity index (χ1n) is 8.21. The second-order valence-electron chi connectivity index (χ2n) is 7.62. The summed E-state index contributed by atoms with van der Waals surface area (Å²) < 4.78 is 1.80. The summed E-state index contributed by atoms with van der Waals surface area (Å²) in [4.78, 5) is 0. The number of nitrogens with zero attached hydrogens (tertiary/aromatic N) is 2. The average molecular weight is 312 g/mol. The lowest BCUT2D eigenvalue weighted by Gasteiger charge is -2.29. The van der Waals surface area contributed by atoms with Crippen LogP contribution in [0, 0.1) is 18.8 Å². The summed E-state index contributed by atoms with van der Waals surface area (Å²) in [7, 11) is 1.93. The van der Waals surface area contributed by atoms with Gasteiger partial charge in [0.05, 0.1) is 5.69 Å². The minimum absolute atomic E-state index is 0.171. The Morgan fingerprint density at radius 3 is 2.43 bits per heavy atom. The minimum Gasteiger partial charge on any atom is -0.312 e. The summed E-state index contributed by atoms with van der Waals surface area (Å²) in [6, 6.07) is 0. The lowest BCUT2D eigenvalue weighted by molar-refractivity contribution is 0.286. The molecular formula is C17H30ClN3. The maximum absolute atomic E-state index is 6.43. The first-order valence-corrected chi connectivity index (χ1v) is 8.58. The fourth-order valence-corrected chi connectivity index (χ4v) is 3.69. The van der Waals surface area contributed by atoms with E-state index in [9.17, 15) is 0 Å². The van der Waals surface area contributed by atoms with E-state index in [1.54, 1.807) is 4.68 Å². The largest absolute Gasteiger partial charge is 0.312 e. The van der Waals surface area contributed by atoms with E-state index in [1.165, 1.54) is 31.2 Å². The van der Waals surface area contributed by atoms with E-state index < -0.39 is 0 Å². The average Bonchev–Trinajstić information content (AvgIpc) is 2.97. The molecule has 1 aromatic heterocycles. The van der Waals surface area contributed by atoms with Crippen molar-refractivity contribution in [3.8, 4) is 0 Å². The van der Waals surface area contributed by atoms with Crippen LogP contribution >= 0.6 is 11.6 Å². The molecule has 1 atom stereocenters. The first-order chi connectivity index (χ1) is 9.78. The van der Waals surface area contributed by atoms with Gasteiger partial charge in [-0.2, -0.15) is 5.10 Å². The summed E-state index contributed by atoms with van der Waals surface area (Å²) >= 11 is 6.43. The van der Waals surface area contributed by atoms with Crippen molar-refractivity contribution in [2.24, 2.45) is 18.9 Å². The molecule has 0 bridgehead atoms. The Bertz CT molecular complexity index is 467. The highest BCUT2D eigenvalue weighted by atomic mass is 35.5. The van der Waals surface area contributed by atoms with E-state index in [4.69, 9.17) is 11.6 Å². The topological polar surface area (TPSA) is 29.9 Å². The Labute approximate surface area is 134 Å². The van der Waals surface area contributed by atoms with Gasteiger partial charge < -0.3 is 5.32 Å². The molecule has 0 aromatic carbocycles. The molecule has 1 saturated carbocycles. The van der Waals surface area contributed by atoms with Crippen molar-refractivity contribution in [1.82, 2.24) is 15.1 Å². The molecule has 21 heavy (non-hydrogen) atoms. The van der Waals surface area contributed by atoms with Crippen LogP contribution in [0.25, 0.3) is 0 Å². The van der Waals surface area contributed by atoms with Crippen LogP contribution in [0.1, 0.15) is 57.7 Å². The van der Waals surface area contributed by atoms with Crippen molar-refractivity contribution < 1.29 is 0 Å². The summed E-state index contributed by atoms with van der Waals surface area (Å²) in [5, 5.41) is 8.97. The van der Waals surface area contributed by atoms with Crippen LogP contribution in [0.3, 0.4) is 0 Å². The zero-order chi connectivity index (χ0) is 15.6. The Kier molecular flexibility index (Phi) is 5.37. The predicted molar refractivity (Wildman–Crippen MR) is 89.9 cm³/mol. The van der Waals surface area contributed by atoms with E-state index in [2.05, 4.69) is 38.1 Å². The van der Waals surface area contributed by atoms with Crippen molar-refractivity contribution in [3.05, 3.63) is 16.4 Å². The number of halogens is 1. The second-order valence-corrected chi connectivity index (χ2v) is 7.98. The highest BCUT2D eigenvalue weighted by Gasteiger charge is 2.28. The number of hydrogen-bond acceptors (Lipinski definition) is 2. The van der Waals surface area contributed by atoms with Gasteiger partial charge in [0.15, 0.2) is 0 Å². The molecule has 1 unspecified atom stereocenters. The van der Waals surface area contributed by atoms with Gasteiger partial charge in [-0.05, 0) is 52.5 Å². The molecule has 1 aliphatic carbocycles. The van der Waals surface area contributed by atoms with E-state index in [1.807, 2.05) is 7.05 Å². The maximum atomic E-state index is 6.43. The Morgan fingerprint density at radius 1 is 1.33 bits per heavy atom. The quantitative estimate of drug-likeness (QED) is 0.886. The Hall–Kier alpha value is -0.540.